The van der Waals surface area contributed by atoms with E-state index in [1.807, 2.05) is 0 Å². The topological polar surface area (TPSA) is 0 Å². The van der Waals surface area contributed by atoms with Crippen molar-refractivity contribution in [2.45, 2.75) is 222 Å². The maximum atomic E-state index is 3.05. The maximum absolute atomic E-state index is 3.05. The second-order valence-corrected chi connectivity index (χ2v) is 60.7. The van der Waals surface area contributed by atoms with Crippen molar-refractivity contribution in [2.24, 2.45) is 0 Å². The molecule has 0 radical (unpaired) electrons. The zero-order valence-corrected chi connectivity index (χ0v) is 35.1. The van der Waals surface area contributed by atoms with Gasteiger partial charge in [-0.05, 0) is 0 Å². The van der Waals surface area contributed by atoms with E-state index in [9.17, 15) is 0 Å². The van der Waals surface area contributed by atoms with Crippen LogP contribution in [-0.4, -0.2) is 34.0 Å². The summed E-state index contributed by atoms with van der Waals surface area (Å²) >= 11 is -4.51. The molecule has 236 valence electrons. The van der Waals surface area contributed by atoms with E-state index in [0.717, 1.165) is 0 Å². The Morgan fingerprint density at radius 1 is 0.256 bits per heavy atom. The van der Waals surface area contributed by atoms with Crippen LogP contribution in [0.1, 0.15) is 196 Å². The van der Waals surface area contributed by atoms with Gasteiger partial charge in [0.1, 0.15) is 0 Å². The van der Waals surface area contributed by atoms with E-state index in [2.05, 4.69) is 47.7 Å². The summed E-state index contributed by atoms with van der Waals surface area (Å²) in [5, 5.41) is 0. The van der Waals surface area contributed by atoms with Gasteiger partial charge in [-0.3, -0.25) is 0 Å². The Kier molecular flexibility index (Phi) is 31.5. The molecule has 0 aromatic heterocycles. The fourth-order valence-electron chi connectivity index (χ4n) is 6.76. The molecule has 39 heavy (non-hydrogen) atoms. The molecular weight excluding hydrogens is 702 g/mol. The quantitative estimate of drug-likeness (QED) is 0.0484. The average molecular weight is 781 g/mol. The van der Waals surface area contributed by atoms with Crippen LogP contribution in [0.15, 0.2) is 0 Å². The van der Waals surface area contributed by atoms with Crippen LogP contribution in [0.4, 0.5) is 0 Å². The zero-order chi connectivity index (χ0) is 28.9. The van der Waals surface area contributed by atoms with E-state index in [4.69, 9.17) is 0 Å². The molecule has 0 bridgehead atoms. The molecule has 0 unspecified atom stereocenters. The second kappa shape index (κ2) is 30.0. The number of hydrogen-bond acceptors (Lipinski definition) is 1. The summed E-state index contributed by atoms with van der Waals surface area (Å²) in [5.74, 6) is 0. The number of unbranched alkanes of at least 4 members (excludes halogenated alkanes) is 18. The van der Waals surface area contributed by atoms with Gasteiger partial charge in [-0.2, -0.15) is 0 Å². The summed E-state index contributed by atoms with van der Waals surface area (Å²) in [6, 6.07) is 0. The standard InChI is InChI=1S/6C6H13.S.2Sn/c6*1-3-5-6-4-2;;;/h6*1,3-6H2,2H3;;;. The van der Waals surface area contributed by atoms with Crippen molar-refractivity contribution in [1.29, 1.82) is 0 Å². The predicted octanol–water partition coefficient (Wildman–Crippen LogP) is 15.1. The molecule has 0 heterocycles. The summed E-state index contributed by atoms with van der Waals surface area (Å²) in [6.45, 7) is 14.4. The predicted molar refractivity (Wildman–Crippen MR) is 193 cm³/mol. The van der Waals surface area contributed by atoms with Gasteiger partial charge in [0.05, 0.1) is 0 Å². The van der Waals surface area contributed by atoms with Gasteiger partial charge in [-0.1, -0.05) is 0 Å². The SMILES string of the molecule is CCCCC[CH2][Sn]([CH2]CCCCC)([CH2]CCCCC)[S][Sn]([CH2]CCCCC)([CH2]CCCCC)[CH2]CCCCC. The van der Waals surface area contributed by atoms with E-state index >= 15 is 0 Å². The van der Waals surface area contributed by atoms with Gasteiger partial charge in [0.25, 0.3) is 0 Å². The van der Waals surface area contributed by atoms with Crippen LogP contribution in [0.2, 0.25) is 26.6 Å². The minimum absolute atomic E-state index is 1.40. The number of hydrogen-bond donors (Lipinski definition) is 0. The van der Waals surface area contributed by atoms with Crippen molar-refractivity contribution < 1.29 is 0 Å². The third-order valence-corrected chi connectivity index (χ3v) is 97.2. The van der Waals surface area contributed by atoms with Gasteiger partial charge in [-0.25, -0.2) is 0 Å². The monoisotopic (exact) mass is 782 g/mol. The Hall–Kier alpha value is 1.95. The molecule has 0 fully saturated rings. The first-order valence-electron chi connectivity index (χ1n) is 18.8. The van der Waals surface area contributed by atoms with Gasteiger partial charge < -0.3 is 0 Å². The van der Waals surface area contributed by atoms with Gasteiger partial charge in [-0.15, -0.1) is 0 Å². The molecule has 0 rings (SSSR count). The molecule has 0 nitrogen and oxygen atoms in total. The first-order chi connectivity index (χ1) is 19.1. The zero-order valence-electron chi connectivity index (χ0n) is 28.6. The summed E-state index contributed by atoms with van der Waals surface area (Å²) in [6.07, 6.45) is 39.2. The normalized spacial score (nSPS) is 12.5. The van der Waals surface area contributed by atoms with Gasteiger partial charge in [0.15, 0.2) is 0 Å². The van der Waals surface area contributed by atoms with Gasteiger partial charge >= 0.3 is 262 Å². The summed E-state index contributed by atoms with van der Waals surface area (Å²) < 4.78 is 10.6. The Balaban J connectivity index is 6.10. The molecule has 0 amide bonds. The van der Waals surface area contributed by atoms with Gasteiger partial charge in [0, 0.05) is 0 Å². The van der Waals surface area contributed by atoms with E-state index in [1.54, 1.807) is 65.1 Å². The fourth-order valence-corrected chi connectivity index (χ4v) is 135. The van der Waals surface area contributed by atoms with E-state index in [-0.39, 0.29) is 0 Å². The summed E-state index contributed by atoms with van der Waals surface area (Å²) in [7, 11) is 0. The molecular formula is C36H78SSn2. The molecule has 0 atom stereocenters. The molecule has 0 aliphatic carbocycles. The van der Waals surface area contributed by atoms with Crippen LogP contribution in [0.25, 0.3) is 0 Å². The molecule has 0 saturated carbocycles. The minimum atomic E-state index is -2.25. The molecule has 0 spiro atoms. The van der Waals surface area contributed by atoms with Crippen LogP contribution < -0.4 is 0 Å². The van der Waals surface area contributed by atoms with Crippen molar-refractivity contribution in [1.82, 2.24) is 0 Å². The van der Waals surface area contributed by atoms with Crippen molar-refractivity contribution in [2.75, 3.05) is 0 Å². The molecule has 0 aromatic carbocycles. The number of rotatable bonds is 32. The molecule has 0 aliphatic rings. The van der Waals surface area contributed by atoms with Crippen LogP contribution in [0.3, 0.4) is 0 Å². The van der Waals surface area contributed by atoms with E-state index in [1.165, 1.54) is 116 Å². The second-order valence-electron chi connectivity index (χ2n) is 13.3. The fraction of sp³-hybridized carbons (Fsp3) is 1.00. The molecule has 0 saturated heterocycles. The third kappa shape index (κ3) is 23.1. The molecule has 0 aromatic rings. The van der Waals surface area contributed by atoms with Crippen LogP contribution in [-0.2, 0) is 0 Å². The van der Waals surface area contributed by atoms with Gasteiger partial charge in [0.2, 0.25) is 0 Å². The Bertz CT molecular complexity index is 376. The van der Waals surface area contributed by atoms with Crippen molar-refractivity contribution in [3.05, 3.63) is 0 Å². The average Bonchev–Trinajstić information content (AvgIpc) is 2.94. The van der Waals surface area contributed by atoms with Crippen LogP contribution >= 0.6 is 6.13 Å². The Labute approximate surface area is 260 Å². The van der Waals surface area contributed by atoms with Crippen molar-refractivity contribution >= 4 is 40.1 Å². The Morgan fingerprint density at radius 3 is 0.590 bits per heavy atom. The van der Waals surface area contributed by atoms with Crippen LogP contribution in [0, 0.1) is 0 Å². The third-order valence-electron chi connectivity index (χ3n) is 9.35. The Morgan fingerprint density at radius 2 is 0.436 bits per heavy atom. The molecule has 0 N–H and O–H groups in total. The molecule has 3 heteroatoms. The van der Waals surface area contributed by atoms with E-state index < -0.39 is 34.0 Å². The first kappa shape index (κ1) is 40.9. The first-order valence-corrected chi connectivity index (χ1v) is 38.7. The summed E-state index contributed by atoms with van der Waals surface area (Å²) in [4.78, 5) is 0. The van der Waals surface area contributed by atoms with Crippen molar-refractivity contribution in [3.63, 3.8) is 0 Å². The summed E-state index contributed by atoms with van der Waals surface area (Å²) in [5.41, 5.74) is 0. The van der Waals surface area contributed by atoms with E-state index in [0.29, 0.717) is 0 Å². The van der Waals surface area contributed by atoms with Crippen molar-refractivity contribution in [3.8, 4) is 0 Å². The van der Waals surface area contributed by atoms with Crippen LogP contribution in [0.5, 0.6) is 0 Å². The molecule has 0 aliphatic heterocycles.